The highest BCUT2D eigenvalue weighted by atomic mass is 32.2. The summed E-state index contributed by atoms with van der Waals surface area (Å²) in [5, 5.41) is 11.9. The zero-order chi connectivity index (χ0) is 47.1. The molecule has 1 aliphatic carbocycles. The monoisotopic (exact) mass is 921 g/mol. The van der Waals surface area contributed by atoms with Gasteiger partial charge < -0.3 is 40.6 Å². The number of aromatic amines is 1. The Kier molecular flexibility index (Phi) is 15.3. The molecule has 350 valence electrons. The Bertz CT molecular complexity index is 2600. The van der Waals surface area contributed by atoms with Gasteiger partial charge in [-0.2, -0.15) is 11.8 Å². The summed E-state index contributed by atoms with van der Waals surface area (Å²) in [6, 6.07) is 9.66. The zero-order valence-electron chi connectivity index (χ0n) is 38.1. The SMILES string of the molecule is CSCc1cc2c(cc1C(=O)NCCCCc1cccc3c1CN(C(C)CCC(=O)N(C)C=O)C3=O)N(CC1CC1)Cc1c(C(=O)NCCNC(=O)CCNC=O)[nH]c3c(=O)n(C)cc-2c13. The Morgan fingerprint density at radius 3 is 2.42 bits per heavy atom. The lowest BCUT2D eigenvalue weighted by atomic mass is 9.95. The van der Waals surface area contributed by atoms with Crippen LogP contribution in [-0.4, -0.2) is 114 Å². The van der Waals surface area contributed by atoms with Gasteiger partial charge in [0.05, 0.1) is 0 Å². The molecule has 2 aliphatic heterocycles. The van der Waals surface area contributed by atoms with Crippen LogP contribution in [0.25, 0.3) is 22.0 Å². The molecule has 7 rings (SSSR count). The fourth-order valence-corrected chi connectivity index (χ4v) is 9.51. The normalized spacial score (nSPS) is 14.3. The van der Waals surface area contributed by atoms with E-state index < -0.39 is 5.91 Å². The van der Waals surface area contributed by atoms with Crippen LogP contribution in [0.2, 0.25) is 0 Å². The molecule has 18 heteroatoms. The van der Waals surface area contributed by atoms with Crippen LogP contribution in [0.5, 0.6) is 0 Å². The number of H-pyrrole nitrogens is 1. The largest absolute Gasteiger partial charge is 0.366 e. The van der Waals surface area contributed by atoms with Gasteiger partial charge in [0.15, 0.2) is 0 Å². The molecule has 0 saturated heterocycles. The van der Waals surface area contributed by atoms with Crippen LogP contribution < -0.4 is 31.7 Å². The number of hydrogen-bond acceptors (Lipinski definition) is 10. The highest BCUT2D eigenvalue weighted by Gasteiger charge is 2.35. The van der Waals surface area contributed by atoms with Crippen molar-refractivity contribution in [3.05, 3.63) is 86.0 Å². The number of nitrogens with one attached hydrogen (secondary N) is 5. The first-order chi connectivity index (χ1) is 31.8. The van der Waals surface area contributed by atoms with E-state index in [1.165, 1.54) is 11.6 Å². The Labute approximate surface area is 387 Å². The maximum Gasteiger partial charge on any atom is 0.274 e. The Morgan fingerprint density at radius 1 is 0.909 bits per heavy atom. The topological polar surface area (TPSA) is 215 Å². The minimum Gasteiger partial charge on any atom is -0.366 e. The van der Waals surface area contributed by atoms with Crippen LogP contribution in [0.15, 0.2) is 41.3 Å². The first-order valence-corrected chi connectivity index (χ1v) is 24.0. The summed E-state index contributed by atoms with van der Waals surface area (Å²) >= 11 is 1.61. The number of pyridine rings is 1. The van der Waals surface area contributed by atoms with Gasteiger partial charge in [-0.05, 0) is 92.5 Å². The summed E-state index contributed by atoms with van der Waals surface area (Å²) in [7, 11) is 3.12. The van der Waals surface area contributed by atoms with E-state index >= 15 is 0 Å². The molecule has 0 spiro atoms. The minimum absolute atomic E-state index is 0.0578. The Balaban J connectivity index is 1.05. The summed E-state index contributed by atoms with van der Waals surface area (Å²) in [5.41, 5.74) is 7.76. The molecular formula is C48H59N9O8S. The molecule has 17 nitrogen and oxygen atoms in total. The molecule has 0 bridgehead atoms. The van der Waals surface area contributed by atoms with Gasteiger partial charge in [-0.3, -0.25) is 43.3 Å². The van der Waals surface area contributed by atoms with Gasteiger partial charge in [-0.25, -0.2) is 0 Å². The van der Waals surface area contributed by atoms with Crippen molar-refractivity contribution in [2.24, 2.45) is 13.0 Å². The van der Waals surface area contributed by atoms with Gasteiger partial charge >= 0.3 is 0 Å². The summed E-state index contributed by atoms with van der Waals surface area (Å²) in [5.74, 6) is -0.154. The Hall–Kier alpha value is -6.43. The van der Waals surface area contributed by atoms with Gasteiger partial charge in [-0.15, -0.1) is 0 Å². The molecule has 2 aromatic heterocycles. The smallest absolute Gasteiger partial charge is 0.274 e. The molecule has 1 atom stereocenters. The first kappa shape index (κ1) is 47.5. The molecule has 3 aliphatic rings. The molecule has 1 fully saturated rings. The molecule has 7 amide bonds. The van der Waals surface area contributed by atoms with Gasteiger partial charge in [0.2, 0.25) is 24.6 Å². The van der Waals surface area contributed by atoms with E-state index in [-0.39, 0.29) is 73.4 Å². The van der Waals surface area contributed by atoms with E-state index in [1.54, 1.807) is 23.7 Å². The summed E-state index contributed by atoms with van der Waals surface area (Å²) in [4.78, 5) is 109. The zero-order valence-corrected chi connectivity index (χ0v) is 38.9. The molecule has 5 N–H and O–H groups in total. The molecule has 1 saturated carbocycles. The third-order valence-corrected chi connectivity index (χ3v) is 13.4. The number of rotatable bonds is 23. The van der Waals surface area contributed by atoms with E-state index in [4.69, 9.17) is 0 Å². The van der Waals surface area contributed by atoms with E-state index in [0.717, 1.165) is 64.1 Å². The number of anilines is 1. The average Bonchev–Trinajstić information content (AvgIpc) is 3.98. The predicted molar refractivity (Wildman–Crippen MR) is 253 cm³/mol. The number of aromatic nitrogens is 2. The number of unbranched alkanes of at least 4 members (excludes halogenated alkanes) is 1. The molecule has 0 radical (unpaired) electrons. The van der Waals surface area contributed by atoms with E-state index in [2.05, 4.69) is 37.2 Å². The second-order valence-corrected chi connectivity index (χ2v) is 18.4. The third-order valence-electron chi connectivity index (χ3n) is 12.8. The standard InChI is InChI=1S/C48H59N9O8S/c1-29(11-14-41(61)55(3)28-59)57-25-36-31(9-7-10-33(36)47(57)64)8-5-6-16-51-45(62)34-21-39-35(20-32(34)26-66-4)37-23-54(2)48(65)44-42(37)38(24-56(39)22-30-12-13-30)43(53-44)46(63)52-19-18-50-40(60)15-17-49-27-58/h7,9-10,20-21,23,27-30,53H,5-6,8,11-19,22,24-26H2,1-4H3,(H,49,58)(H,50,60)(H,51,62)(H,52,63). The number of thioether (sulfide) groups is 1. The van der Waals surface area contributed by atoms with Gasteiger partial charge in [0.25, 0.3) is 23.3 Å². The lowest BCUT2D eigenvalue weighted by Gasteiger charge is -2.27. The Morgan fingerprint density at radius 2 is 1.68 bits per heavy atom. The number of carbonyl (C=O) groups is 7. The summed E-state index contributed by atoms with van der Waals surface area (Å²) in [6.45, 7) is 4.43. The summed E-state index contributed by atoms with van der Waals surface area (Å²) < 4.78 is 1.52. The molecule has 2 aromatic carbocycles. The van der Waals surface area contributed by atoms with Crippen LogP contribution in [-0.2, 0) is 51.5 Å². The van der Waals surface area contributed by atoms with Crippen LogP contribution in [0, 0.1) is 5.92 Å². The minimum atomic E-state index is -0.404. The number of benzene rings is 2. The molecule has 66 heavy (non-hydrogen) atoms. The second kappa shape index (κ2) is 21.3. The molecular weight excluding hydrogens is 863 g/mol. The van der Waals surface area contributed by atoms with E-state index in [9.17, 15) is 38.4 Å². The highest BCUT2D eigenvalue weighted by Crippen LogP contribution is 2.45. The number of carbonyl (C=O) groups excluding carboxylic acids is 7. The van der Waals surface area contributed by atoms with Crippen LogP contribution in [0.3, 0.4) is 0 Å². The number of aryl methyl sites for hydroxylation is 2. The van der Waals surface area contributed by atoms with Crippen molar-refractivity contribution >= 4 is 70.7 Å². The maximum absolute atomic E-state index is 14.2. The number of amides is 7. The predicted octanol–water partition coefficient (Wildman–Crippen LogP) is 3.60. The van der Waals surface area contributed by atoms with Crippen molar-refractivity contribution < 1.29 is 33.6 Å². The highest BCUT2D eigenvalue weighted by molar-refractivity contribution is 7.97. The van der Waals surface area contributed by atoms with E-state index in [1.807, 2.05) is 43.6 Å². The van der Waals surface area contributed by atoms with Crippen molar-refractivity contribution in [2.75, 3.05) is 50.9 Å². The number of fused-ring (bicyclic) bond motifs is 3. The molecule has 1 unspecified atom stereocenters. The molecule has 4 heterocycles. The van der Waals surface area contributed by atoms with Crippen molar-refractivity contribution in [1.29, 1.82) is 0 Å². The van der Waals surface area contributed by atoms with Crippen molar-refractivity contribution in [3.63, 3.8) is 0 Å². The van der Waals surface area contributed by atoms with E-state index in [0.29, 0.717) is 91.1 Å². The maximum atomic E-state index is 14.2. The fraction of sp³-hybridized carbons (Fsp3) is 0.458. The van der Waals surface area contributed by atoms with Gasteiger partial charge in [-0.1, -0.05) is 12.1 Å². The average molecular weight is 922 g/mol. The first-order valence-electron chi connectivity index (χ1n) is 22.6. The fourth-order valence-electron chi connectivity index (χ4n) is 8.96. The van der Waals surface area contributed by atoms with Crippen molar-refractivity contribution in [3.8, 4) is 11.1 Å². The third kappa shape index (κ3) is 10.5. The van der Waals surface area contributed by atoms with Gasteiger partial charge in [0, 0.05) is 130 Å². The lowest BCUT2D eigenvalue weighted by Crippen LogP contribution is -2.36. The quantitative estimate of drug-likeness (QED) is 0.0539. The van der Waals surface area contributed by atoms with Crippen molar-refractivity contribution in [2.45, 2.75) is 83.2 Å². The number of nitrogens with zero attached hydrogens (tertiary/aromatic N) is 4. The summed E-state index contributed by atoms with van der Waals surface area (Å²) in [6.07, 6.45) is 9.95. The lowest BCUT2D eigenvalue weighted by molar-refractivity contribution is -0.136. The van der Waals surface area contributed by atoms with Gasteiger partial charge in [0.1, 0.15) is 11.2 Å². The van der Waals surface area contributed by atoms with Crippen LogP contribution in [0.4, 0.5) is 5.69 Å². The van der Waals surface area contributed by atoms with Crippen molar-refractivity contribution in [1.82, 2.24) is 40.6 Å². The number of hydrogen-bond donors (Lipinski definition) is 5. The van der Waals surface area contributed by atoms with Crippen LogP contribution in [0.1, 0.15) is 105 Å². The molecule has 4 aromatic rings. The van der Waals surface area contributed by atoms with Crippen LogP contribution >= 0.6 is 11.8 Å². The second-order valence-electron chi connectivity index (χ2n) is 17.5. The number of imide groups is 1.